The third-order valence-corrected chi connectivity index (χ3v) is 3.71. The van der Waals surface area contributed by atoms with E-state index in [1.165, 1.54) is 12.8 Å². The molecule has 4 nitrogen and oxygen atoms in total. The van der Waals surface area contributed by atoms with Crippen molar-refractivity contribution in [2.45, 2.75) is 70.1 Å². The second-order valence-electron chi connectivity index (χ2n) is 6.29. The Bertz CT molecular complexity index is 308. The van der Waals surface area contributed by atoms with Crippen LogP contribution in [0.4, 0.5) is 0 Å². The molecule has 1 rings (SSSR count). The Balaban J connectivity index is 2.07. The largest absolute Gasteiger partial charge is 0.381 e. The molecule has 4 heteroatoms. The minimum Gasteiger partial charge on any atom is -0.381 e. The Morgan fingerprint density at radius 2 is 1.89 bits per heavy atom. The van der Waals surface area contributed by atoms with E-state index in [1.807, 2.05) is 6.92 Å². The summed E-state index contributed by atoms with van der Waals surface area (Å²) in [6, 6.07) is 2.95. The van der Waals surface area contributed by atoms with Gasteiger partial charge in [0.1, 0.15) is 5.54 Å². The van der Waals surface area contributed by atoms with E-state index in [2.05, 4.69) is 25.2 Å². The van der Waals surface area contributed by atoms with Crippen molar-refractivity contribution in [1.82, 2.24) is 5.32 Å². The van der Waals surface area contributed by atoms with Crippen LogP contribution in [0.25, 0.3) is 0 Å². The number of nitrogens with one attached hydrogen (secondary N) is 1. The molecule has 0 spiro atoms. The zero-order valence-electron chi connectivity index (χ0n) is 12.8. The first-order valence-electron chi connectivity index (χ1n) is 7.23. The van der Waals surface area contributed by atoms with Crippen LogP contribution >= 0.6 is 0 Å². The molecule has 1 atom stereocenters. The second-order valence-corrected chi connectivity index (χ2v) is 6.29. The van der Waals surface area contributed by atoms with Crippen molar-refractivity contribution < 1.29 is 9.47 Å². The minimum atomic E-state index is -0.393. The minimum absolute atomic E-state index is 0.116. The van der Waals surface area contributed by atoms with Gasteiger partial charge in [0.2, 0.25) is 0 Å². The zero-order valence-corrected chi connectivity index (χ0v) is 12.8. The Labute approximate surface area is 117 Å². The molecule has 0 radical (unpaired) electrons. The molecule has 0 bridgehead atoms. The summed E-state index contributed by atoms with van der Waals surface area (Å²) < 4.78 is 10.9. The summed E-state index contributed by atoms with van der Waals surface area (Å²) in [4.78, 5) is 0. The molecule has 0 heterocycles. The molecule has 1 saturated carbocycles. The maximum Gasteiger partial charge on any atom is 0.104 e. The summed E-state index contributed by atoms with van der Waals surface area (Å²) in [6.45, 7) is 7.52. The molecule has 1 unspecified atom stereocenters. The summed E-state index contributed by atoms with van der Waals surface area (Å²) in [5.41, 5.74) is -0.509. The number of rotatable bonds is 10. The lowest BCUT2D eigenvalue weighted by molar-refractivity contribution is -0.0104. The first-order chi connectivity index (χ1) is 8.91. The van der Waals surface area contributed by atoms with Crippen LogP contribution in [0.15, 0.2) is 0 Å². The van der Waals surface area contributed by atoms with Gasteiger partial charge in [-0.1, -0.05) is 0 Å². The van der Waals surface area contributed by atoms with Gasteiger partial charge in [-0.15, -0.1) is 0 Å². The Hall–Kier alpha value is -0.630. The van der Waals surface area contributed by atoms with Gasteiger partial charge in [-0.05, 0) is 52.9 Å². The van der Waals surface area contributed by atoms with E-state index < -0.39 is 5.54 Å². The number of ether oxygens (including phenoxy) is 2. The van der Waals surface area contributed by atoms with Crippen molar-refractivity contribution in [3.05, 3.63) is 0 Å². The van der Waals surface area contributed by atoms with Crippen molar-refractivity contribution >= 4 is 0 Å². The molecule has 0 aromatic heterocycles. The van der Waals surface area contributed by atoms with E-state index in [0.717, 1.165) is 19.3 Å². The average molecular weight is 268 g/mol. The van der Waals surface area contributed by atoms with E-state index in [4.69, 9.17) is 9.47 Å². The van der Waals surface area contributed by atoms with Gasteiger partial charge in [-0.3, -0.25) is 5.32 Å². The fourth-order valence-electron chi connectivity index (χ4n) is 1.89. The number of hydrogen-bond acceptors (Lipinski definition) is 4. The third-order valence-electron chi connectivity index (χ3n) is 3.71. The molecule has 0 saturated heterocycles. The lowest BCUT2D eigenvalue weighted by Gasteiger charge is -2.24. The van der Waals surface area contributed by atoms with Gasteiger partial charge in [-0.2, -0.15) is 5.26 Å². The number of nitrogens with zero attached hydrogens (tertiary/aromatic N) is 1. The van der Waals surface area contributed by atoms with Crippen LogP contribution in [-0.2, 0) is 9.47 Å². The van der Waals surface area contributed by atoms with Gasteiger partial charge >= 0.3 is 0 Å². The molecular weight excluding hydrogens is 240 g/mol. The van der Waals surface area contributed by atoms with E-state index >= 15 is 0 Å². The Kier molecular flexibility index (Phi) is 6.25. The number of methoxy groups -OCH3 is 1. The molecule has 0 aromatic carbocycles. The molecule has 0 aliphatic heterocycles. The van der Waals surface area contributed by atoms with Crippen molar-refractivity contribution in [3.63, 3.8) is 0 Å². The fraction of sp³-hybridized carbons (Fsp3) is 0.933. The zero-order chi connectivity index (χ0) is 14.4. The van der Waals surface area contributed by atoms with Crippen molar-refractivity contribution in [3.8, 4) is 6.07 Å². The van der Waals surface area contributed by atoms with Crippen molar-refractivity contribution in [2.75, 3.05) is 20.3 Å². The van der Waals surface area contributed by atoms with Crippen LogP contribution in [0.3, 0.4) is 0 Å². The predicted molar refractivity (Wildman–Crippen MR) is 75.9 cm³/mol. The highest BCUT2D eigenvalue weighted by molar-refractivity contribution is 5.06. The van der Waals surface area contributed by atoms with Crippen molar-refractivity contribution in [2.24, 2.45) is 0 Å². The molecule has 19 heavy (non-hydrogen) atoms. The van der Waals surface area contributed by atoms with E-state index in [1.54, 1.807) is 7.11 Å². The summed E-state index contributed by atoms with van der Waals surface area (Å²) in [6.07, 6.45) is 5.06. The maximum atomic E-state index is 9.23. The normalized spacial score (nSPS) is 18.9. The molecule has 1 N–H and O–H groups in total. The molecule has 1 aliphatic rings. The fourth-order valence-corrected chi connectivity index (χ4v) is 1.89. The number of nitriles is 1. The first kappa shape index (κ1) is 16.4. The molecule has 1 aliphatic carbocycles. The van der Waals surface area contributed by atoms with Gasteiger partial charge in [0.15, 0.2) is 0 Å². The Morgan fingerprint density at radius 3 is 2.42 bits per heavy atom. The molecular formula is C15H28N2O2. The third kappa shape index (κ3) is 6.91. The summed E-state index contributed by atoms with van der Waals surface area (Å²) >= 11 is 0. The van der Waals surface area contributed by atoms with Gasteiger partial charge in [-0.25, -0.2) is 0 Å². The van der Waals surface area contributed by atoms with Gasteiger partial charge in [0.25, 0.3) is 0 Å². The van der Waals surface area contributed by atoms with Gasteiger partial charge in [0.05, 0.1) is 11.7 Å². The highest BCUT2D eigenvalue weighted by Crippen LogP contribution is 2.24. The predicted octanol–water partition coefficient (Wildman–Crippen LogP) is 2.63. The topological polar surface area (TPSA) is 54.3 Å². The van der Waals surface area contributed by atoms with Crippen LogP contribution in [0.2, 0.25) is 0 Å². The summed E-state index contributed by atoms with van der Waals surface area (Å²) in [5.74, 6) is 0. The Morgan fingerprint density at radius 1 is 1.21 bits per heavy atom. The highest BCUT2D eigenvalue weighted by atomic mass is 16.5. The van der Waals surface area contributed by atoms with Crippen molar-refractivity contribution in [1.29, 1.82) is 5.26 Å². The van der Waals surface area contributed by atoms with Crippen LogP contribution in [0.1, 0.15) is 52.9 Å². The van der Waals surface area contributed by atoms with E-state index in [0.29, 0.717) is 19.3 Å². The van der Waals surface area contributed by atoms with Crippen LogP contribution in [-0.4, -0.2) is 37.5 Å². The smallest absolute Gasteiger partial charge is 0.104 e. The van der Waals surface area contributed by atoms with Gasteiger partial charge < -0.3 is 9.47 Å². The highest BCUT2D eigenvalue weighted by Gasteiger charge is 2.31. The van der Waals surface area contributed by atoms with Crippen LogP contribution in [0, 0.1) is 11.3 Å². The van der Waals surface area contributed by atoms with E-state index in [9.17, 15) is 5.26 Å². The molecule has 0 amide bonds. The van der Waals surface area contributed by atoms with Crippen LogP contribution in [0.5, 0.6) is 0 Å². The molecule has 0 aromatic rings. The number of hydrogen-bond donors (Lipinski definition) is 1. The average Bonchev–Trinajstić information content (AvgIpc) is 3.17. The SMILES string of the molecule is COC(C)(C)CCOCCCC(C)(C#N)NC1CC1. The summed E-state index contributed by atoms with van der Waals surface area (Å²) in [5, 5.41) is 12.6. The monoisotopic (exact) mass is 268 g/mol. The molecule has 1 fully saturated rings. The van der Waals surface area contributed by atoms with Crippen LogP contribution < -0.4 is 5.32 Å². The first-order valence-corrected chi connectivity index (χ1v) is 7.23. The standard InChI is InChI=1S/C15H28N2O2/c1-14(2,18-4)9-11-19-10-5-8-15(3,12-16)17-13-6-7-13/h13,17H,5-11H2,1-4H3. The summed E-state index contributed by atoms with van der Waals surface area (Å²) in [7, 11) is 1.72. The van der Waals surface area contributed by atoms with Gasteiger partial charge in [0, 0.05) is 26.4 Å². The maximum absolute atomic E-state index is 9.23. The van der Waals surface area contributed by atoms with E-state index in [-0.39, 0.29) is 5.60 Å². The molecule has 110 valence electrons. The second kappa shape index (κ2) is 7.23. The lowest BCUT2D eigenvalue weighted by Crippen LogP contribution is -2.42. The lowest BCUT2D eigenvalue weighted by atomic mass is 9.98. The quantitative estimate of drug-likeness (QED) is 0.619.